The first-order valence-corrected chi connectivity index (χ1v) is 15.2. The third-order valence-electron chi connectivity index (χ3n) is 7.88. The van der Waals surface area contributed by atoms with E-state index in [1.807, 2.05) is 26.8 Å². The van der Waals surface area contributed by atoms with Gasteiger partial charge in [0, 0.05) is 38.8 Å². The Hall–Kier alpha value is -4.32. The van der Waals surface area contributed by atoms with Gasteiger partial charge < -0.3 is 14.4 Å². The van der Waals surface area contributed by atoms with Crippen molar-refractivity contribution in [3.8, 4) is 5.75 Å². The highest BCUT2D eigenvalue weighted by Gasteiger charge is 2.44. The zero-order valence-electron chi connectivity index (χ0n) is 25.5. The molecule has 0 spiro atoms. The summed E-state index contributed by atoms with van der Waals surface area (Å²) in [5.41, 5.74) is 0.352. The van der Waals surface area contributed by atoms with Crippen LogP contribution in [0.1, 0.15) is 83.9 Å². The number of nitrogens with one attached hydrogen (secondary N) is 1. The molecule has 0 saturated carbocycles. The maximum Gasteiger partial charge on any atom is 0.340 e. The summed E-state index contributed by atoms with van der Waals surface area (Å²) < 4.78 is 11.3. The molecule has 2 aromatic rings. The molecular weight excluding hydrogens is 566 g/mol. The van der Waals surface area contributed by atoms with Crippen LogP contribution in [0.4, 0.5) is 5.82 Å². The number of carbonyl (C=O) groups is 5. The van der Waals surface area contributed by atoms with Crippen LogP contribution >= 0.6 is 0 Å². The summed E-state index contributed by atoms with van der Waals surface area (Å²) in [5.74, 6) is -1.12. The molecule has 0 bridgehead atoms. The quantitative estimate of drug-likeness (QED) is 0.244. The van der Waals surface area contributed by atoms with Gasteiger partial charge in [0.05, 0.1) is 23.3 Å². The Morgan fingerprint density at radius 3 is 2.39 bits per heavy atom. The monoisotopic (exact) mass is 605 g/mol. The molecule has 2 fully saturated rings. The Morgan fingerprint density at radius 2 is 1.70 bits per heavy atom. The molecular formula is C32H39N5O7. The number of anilines is 1. The number of benzene rings is 1. The number of hydrogen-bond donors (Lipinski definition) is 1. The Balaban J connectivity index is 0.999. The third-order valence-corrected chi connectivity index (χ3v) is 7.88. The van der Waals surface area contributed by atoms with Gasteiger partial charge in [-0.3, -0.25) is 34.3 Å². The van der Waals surface area contributed by atoms with E-state index in [1.54, 1.807) is 30.5 Å². The lowest BCUT2D eigenvalue weighted by Crippen LogP contribution is -2.54. The molecule has 234 valence electrons. The zero-order chi connectivity index (χ0) is 31.4. The van der Waals surface area contributed by atoms with E-state index in [0.717, 1.165) is 62.7 Å². The fraction of sp³-hybridized carbons (Fsp3) is 0.500. The lowest BCUT2D eigenvalue weighted by Gasteiger charge is -2.35. The van der Waals surface area contributed by atoms with Crippen LogP contribution < -0.4 is 15.0 Å². The van der Waals surface area contributed by atoms with Crippen LogP contribution in [-0.2, 0) is 14.3 Å². The smallest absolute Gasteiger partial charge is 0.340 e. The van der Waals surface area contributed by atoms with Crippen molar-refractivity contribution in [1.82, 2.24) is 20.1 Å². The fourth-order valence-electron chi connectivity index (χ4n) is 5.58. The SMILES string of the molecule is CC(C)(C)OC(=O)c1ccc(N2CCN(CCCCCOc3ccc4c(c3)C(=O)N(C3CCC(=O)NC3=O)C4=O)CC2)nc1. The first-order chi connectivity index (χ1) is 21.0. The van der Waals surface area contributed by atoms with Crippen LogP contribution in [0.15, 0.2) is 36.5 Å². The van der Waals surface area contributed by atoms with E-state index in [9.17, 15) is 24.0 Å². The number of amides is 4. The van der Waals surface area contributed by atoms with Gasteiger partial charge in [-0.25, -0.2) is 9.78 Å². The van der Waals surface area contributed by atoms with Crippen LogP contribution in [0.2, 0.25) is 0 Å². The number of rotatable bonds is 10. The Morgan fingerprint density at radius 1 is 0.955 bits per heavy atom. The van der Waals surface area contributed by atoms with E-state index >= 15 is 0 Å². The first-order valence-electron chi connectivity index (χ1n) is 15.2. The molecule has 3 aliphatic heterocycles. The van der Waals surface area contributed by atoms with Crippen molar-refractivity contribution in [1.29, 1.82) is 0 Å². The molecule has 3 aliphatic rings. The van der Waals surface area contributed by atoms with Gasteiger partial charge in [0.25, 0.3) is 11.8 Å². The molecule has 12 nitrogen and oxygen atoms in total. The number of pyridine rings is 1. The Labute approximate surface area is 256 Å². The summed E-state index contributed by atoms with van der Waals surface area (Å²) in [6, 6.07) is 7.43. The average Bonchev–Trinajstić information content (AvgIpc) is 3.23. The first kappa shape index (κ1) is 31.1. The van der Waals surface area contributed by atoms with E-state index in [0.29, 0.717) is 17.9 Å². The summed E-state index contributed by atoms with van der Waals surface area (Å²) in [6.45, 7) is 10.6. The topological polar surface area (TPSA) is 138 Å². The predicted octanol–water partition coefficient (Wildman–Crippen LogP) is 2.81. The Bertz CT molecular complexity index is 1430. The number of esters is 1. The van der Waals surface area contributed by atoms with Crippen molar-refractivity contribution in [2.45, 2.75) is 64.5 Å². The van der Waals surface area contributed by atoms with Crippen LogP contribution in [0.25, 0.3) is 0 Å². The molecule has 4 amide bonds. The summed E-state index contributed by atoms with van der Waals surface area (Å²) in [7, 11) is 0. The maximum atomic E-state index is 13.0. The highest BCUT2D eigenvalue weighted by molar-refractivity contribution is 6.23. The van der Waals surface area contributed by atoms with Crippen LogP contribution in [0.3, 0.4) is 0 Å². The molecule has 1 unspecified atom stereocenters. The van der Waals surface area contributed by atoms with E-state index in [1.165, 1.54) is 0 Å². The Kier molecular flexibility index (Phi) is 9.28. The maximum absolute atomic E-state index is 13.0. The van der Waals surface area contributed by atoms with Gasteiger partial charge in [0.2, 0.25) is 11.8 Å². The number of fused-ring (bicyclic) bond motifs is 1. The van der Waals surface area contributed by atoms with Crippen molar-refractivity contribution in [3.63, 3.8) is 0 Å². The summed E-state index contributed by atoms with van der Waals surface area (Å²) in [6.07, 6.45) is 4.65. The van der Waals surface area contributed by atoms with E-state index in [4.69, 9.17) is 9.47 Å². The average molecular weight is 606 g/mol. The van der Waals surface area contributed by atoms with Crippen molar-refractivity contribution in [2.75, 3.05) is 44.2 Å². The zero-order valence-corrected chi connectivity index (χ0v) is 25.5. The number of carbonyl (C=O) groups excluding carboxylic acids is 5. The van der Waals surface area contributed by atoms with Gasteiger partial charge >= 0.3 is 5.97 Å². The van der Waals surface area contributed by atoms with E-state index in [-0.39, 0.29) is 29.9 Å². The largest absolute Gasteiger partial charge is 0.494 e. The number of piperazine rings is 1. The molecule has 5 rings (SSSR count). The van der Waals surface area contributed by atoms with Gasteiger partial charge in [0.1, 0.15) is 23.2 Å². The second kappa shape index (κ2) is 13.1. The van der Waals surface area contributed by atoms with Gasteiger partial charge in [-0.05, 0) is 83.3 Å². The van der Waals surface area contributed by atoms with Crippen molar-refractivity contribution >= 4 is 35.4 Å². The van der Waals surface area contributed by atoms with Crippen LogP contribution in [-0.4, -0.2) is 95.4 Å². The van der Waals surface area contributed by atoms with Gasteiger partial charge in [-0.2, -0.15) is 0 Å². The summed E-state index contributed by atoms with van der Waals surface area (Å²) in [5, 5.41) is 2.20. The minimum Gasteiger partial charge on any atom is -0.494 e. The normalized spacial score (nSPS) is 19.2. The molecule has 12 heteroatoms. The fourth-order valence-corrected chi connectivity index (χ4v) is 5.58. The van der Waals surface area contributed by atoms with Gasteiger partial charge in [0.15, 0.2) is 0 Å². The number of hydrogen-bond acceptors (Lipinski definition) is 10. The highest BCUT2D eigenvalue weighted by Crippen LogP contribution is 2.30. The molecule has 0 radical (unpaired) electrons. The number of piperidine rings is 1. The molecule has 1 N–H and O–H groups in total. The van der Waals surface area contributed by atoms with E-state index < -0.39 is 35.3 Å². The standard InChI is InChI=1S/C32H39N5O7/c1-32(2,3)44-31(42)21-7-11-26(33-20-21)36-16-14-35(15-17-36)13-5-4-6-18-43-22-8-9-23-24(19-22)30(41)37(29(23)40)25-10-12-27(38)34-28(25)39/h7-9,11,19-20,25H,4-6,10,12-18H2,1-3H3,(H,34,38,39). The van der Waals surface area contributed by atoms with E-state index in [2.05, 4.69) is 20.1 Å². The summed E-state index contributed by atoms with van der Waals surface area (Å²) in [4.78, 5) is 71.9. The van der Waals surface area contributed by atoms with Crippen LogP contribution in [0, 0.1) is 0 Å². The second-order valence-electron chi connectivity index (χ2n) is 12.3. The van der Waals surface area contributed by atoms with Crippen molar-refractivity contribution in [2.24, 2.45) is 0 Å². The molecule has 44 heavy (non-hydrogen) atoms. The minimum atomic E-state index is -0.985. The number of unbranched alkanes of at least 4 members (excludes halogenated alkanes) is 2. The number of ether oxygens (including phenoxy) is 2. The molecule has 1 atom stereocenters. The molecule has 4 heterocycles. The predicted molar refractivity (Wildman–Crippen MR) is 161 cm³/mol. The lowest BCUT2D eigenvalue weighted by molar-refractivity contribution is -0.136. The van der Waals surface area contributed by atoms with Gasteiger partial charge in [-0.15, -0.1) is 0 Å². The molecule has 1 aromatic heterocycles. The minimum absolute atomic E-state index is 0.0823. The summed E-state index contributed by atoms with van der Waals surface area (Å²) >= 11 is 0. The molecule has 1 aromatic carbocycles. The number of imide groups is 2. The number of nitrogens with zero attached hydrogens (tertiary/aromatic N) is 4. The second-order valence-corrected chi connectivity index (χ2v) is 12.3. The molecule has 2 saturated heterocycles. The van der Waals surface area contributed by atoms with Crippen molar-refractivity contribution in [3.05, 3.63) is 53.2 Å². The van der Waals surface area contributed by atoms with Crippen LogP contribution in [0.5, 0.6) is 5.75 Å². The third kappa shape index (κ3) is 7.24. The lowest BCUT2D eigenvalue weighted by atomic mass is 10.0. The van der Waals surface area contributed by atoms with Crippen molar-refractivity contribution < 1.29 is 33.4 Å². The number of aromatic nitrogens is 1. The highest BCUT2D eigenvalue weighted by atomic mass is 16.6. The molecule has 0 aliphatic carbocycles. The van der Waals surface area contributed by atoms with Gasteiger partial charge in [-0.1, -0.05) is 0 Å².